The van der Waals surface area contributed by atoms with Crippen molar-refractivity contribution in [3.63, 3.8) is 0 Å². The van der Waals surface area contributed by atoms with Crippen LogP contribution in [0.15, 0.2) is 36.5 Å². The highest BCUT2D eigenvalue weighted by molar-refractivity contribution is 5.92. The third kappa shape index (κ3) is 3.56. The summed E-state index contributed by atoms with van der Waals surface area (Å²) in [5.41, 5.74) is 2.30. The number of carbonyl (C=O) groups is 1. The van der Waals surface area contributed by atoms with Crippen molar-refractivity contribution in [3.8, 4) is 0 Å². The summed E-state index contributed by atoms with van der Waals surface area (Å²) in [5, 5.41) is 9.86. The van der Waals surface area contributed by atoms with Gasteiger partial charge in [0, 0.05) is 12.6 Å². The Morgan fingerprint density at radius 1 is 1.35 bits per heavy atom. The molecule has 3 rings (SSSR count). The summed E-state index contributed by atoms with van der Waals surface area (Å²) in [6, 6.07) is 7.54. The predicted octanol–water partition coefficient (Wildman–Crippen LogP) is 2.40. The SMILES string of the molecule is CC(O)C1CCCCN1C(=O)/C=C/c1cnc2ccccc2n1. The average Bonchev–Trinajstić information content (AvgIpc) is 2.59. The van der Waals surface area contributed by atoms with Crippen LogP contribution in [0.25, 0.3) is 17.1 Å². The lowest BCUT2D eigenvalue weighted by molar-refractivity contribution is -0.132. The van der Waals surface area contributed by atoms with E-state index in [2.05, 4.69) is 9.97 Å². The number of hydrogen-bond donors (Lipinski definition) is 1. The molecule has 0 spiro atoms. The fraction of sp³-hybridized carbons (Fsp3) is 0.389. The summed E-state index contributed by atoms with van der Waals surface area (Å²) in [6.45, 7) is 2.44. The zero-order valence-electron chi connectivity index (χ0n) is 13.2. The van der Waals surface area contributed by atoms with Gasteiger partial charge in [0.1, 0.15) is 0 Å². The molecule has 5 heteroatoms. The maximum Gasteiger partial charge on any atom is 0.246 e. The molecule has 2 unspecified atom stereocenters. The first kappa shape index (κ1) is 15.6. The Hall–Kier alpha value is -2.27. The lowest BCUT2D eigenvalue weighted by Crippen LogP contribution is -2.48. The third-order valence-electron chi connectivity index (χ3n) is 4.25. The Balaban J connectivity index is 1.76. The maximum atomic E-state index is 12.4. The second kappa shape index (κ2) is 6.87. The minimum absolute atomic E-state index is 0.0782. The van der Waals surface area contributed by atoms with Crippen LogP contribution in [0, 0.1) is 0 Å². The molecule has 2 aromatic rings. The number of amides is 1. The number of para-hydroxylation sites is 2. The Kier molecular flexibility index (Phi) is 4.67. The van der Waals surface area contributed by atoms with E-state index in [1.54, 1.807) is 24.1 Å². The molecule has 1 saturated heterocycles. The molecule has 2 heterocycles. The van der Waals surface area contributed by atoms with E-state index >= 15 is 0 Å². The summed E-state index contributed by atoms with van der Waals surface area (Å²) in [7, 11) is 0. The van der Waals surface area contributed by atoms with E-state index in [4.69, 9.17) is 0 Å². The van der Waals surface area contributed by atoms with Gasteiger partial charge in [0.2, 0.25) is 5.91 Å². The Labute approximate surface area is 135 Å². The number of aliphatic hydroxyl groups excluding tert-OH is 1. The largest absolute Gasteiger partial charge is 0.391 e. The molecular formula is C18H21N3O2. The van der Waals surface area contributed by atoms with E-state index in [0.29, 0.717) is 12.2 Å². The first-order valence-corrected chi connectivity index (χ1v) is 8.04. The van der Waals surface area contributed by atoms with E-state index in [0.717, 1.165) is 30.3 Å². The first-order chi connectivity index (χ1) is 11.1. The number of nitrogens with zero attached hydrogens (tertiary/aromatic N) is 3. The molecule has 2 atom stereocenters. The van der Waals surface area contributed by atoms with Crippen molar-refractivity contribution in [1.82, 2.24) is 14.9 Å². The normalized spacial score (nSPS) is 20.1. The molecule has 0 radical (unpaired) electrons. The molecular weight excluding hydrogens is 290 g/mol. The van der Waals surface area contributed by atoms with Crippen molar-refractivity contribution in [1.29, 1.82) is 0 Å². The summed E-state index contributed by atoms with van der Waals surface area (Å²) in [5.74, 6) is -0.0782. The molecule has 1 N–H and O–H groups in total. The Morgan fingerprint density at radius 3 is 2.91 bits per heavy atom. The predicted molar refractivity (Wildman–Crippen MR) is 89.6 cm³/mol. The van der Waals surface area contributed by atoms with Crippen molar-refractivity contribution >= 4 is 23.0 Å². The molecule has 1 fully saturated rings. The van der Waals surface area contributed by atoms with Crippen LogP contribution in [0.4, 0.5) is 0 Å². The lowest BCUT2D eigenvalue weighted by atomic mass is 9.98. The van der Waals surface area contributed by atoms with Crippen molar-refractivity contribution in [2.45, 2.75) is 38.3 Å². The quantitative estimate of drug-likeness (QED) is 0.884. The van der Waals surface area contributed by atoms with Crippen LogP contribution < -0.4 is 0 Å². The van der Waals surface area contributed by atoms with Gasteiger partial charge in [0.05, 0.1) is 35.1 Å². The highest BCUT2D eigenvalue weighted by Gasteiger charge is 2.28. The highest BCUT2D eigenvalue weighted by Crippen LogP contribution is 2.20. The summed E-state index contributed by atoms with van der Waals surface area (Å²) < 4.78 is 0. The third-order valence-corrected chi connectivity index (χ3v) is 4.25. The van der Waals surface area contributed by atoms with E-state index in [1.807, 2.05) is 24.3 Å². The Morgan fingerprint density at radius 2 is 2.13 bits per heavy atom. The van der Waals surface area contributed by atoms with E-state index < -0.39 is 6.10 Å². The van der Waals surface area contributed by atoms with E-state index in [9.17, 15) is 9.90 Å². The number of carbonyl (C=O) groups excluding carboxylic acids is 1. The second-order valence-corrected chi connectivity index (χ2v) is 5.95. The van der Waals surface area contributed by atoms with E-state index in [1.165, 1.54) is 6.08 Å². The van der Waals surface area contributed by atoms with Crippen LogP contribution in [0.3, 0.4) is 0 Å². The second-order valence-electron chi connectivity index (χ2n) is 5.95. The summed E-state index contributed by atoms with van der Waals surface area (Å²) >= 11 is 0. The number of aromatic nitrogens is 2. The van der Waals surface area contributed by atoms with Crippen LogP contribution in [0.2, 0.25) is 0 Å². The number of hydrogen-bond acceptors (Lipinski definition) is 4. The topological polar surface area (TPSA) is 66.3 Å². The van der Waals surface area contributed by atoms with Gasteiger partial charge in [0.15, 0.2) is 0 Å². The minimum atomic E-state index is -0.506. The van der Waals surface area contributed by atoms with Gasteiger partial charge in [-0.05, 0) is 44.4 Å². The minimum Gasteiger partial charge on any atom is -0.391 e. The number of fused-ring (bicyclic) bond motifs is 1. The highest BCUT2D eigenvalue weighted by atomic mass is 16.3. The fourth-order valence-corrected chi connectivity index (χ4v) is 3.04. The smallest absolute Gasteiger partial charge is 0.246 e. The van der Waals surface area contributed by atoms with Crippen molar-refractivity contribution in [3.05, 3.63) is 42.2 Å². The van der Waals surface area contributed by atoms with Gasteiger partial charge in [-0.1, -0.05) is 12.1 Å². The lowest BCUT2D eigenvalue weighted by Gasteiger charge is -2.36. The van der Waals surface area contributed by atoms with E-state index in [-0.39, 0.29) is 11.9 Å². The van der Waals surface area contributed by atoms with Crippen LogP contribution >= 0.6 is 0 Å². The molecule has 0 aliphatic carbocycles. The summed E-state index contributed by atoms with van der Waals surface area (Å²) in [4.78, 5) is 23.0. The van der Waals surface area contributed by atoms with Crippen molar-refractivity contribution < 1.29 is 9.90 Å². The number of likely N-dealkylation sites (tertiary alicyclic amines) is 1. The van der Waals surface area contributed by atoms with Crippen LogP contribution in [-0.4, -0.2) is 44.6 Å². The molecule has 1 aromatic carbocycles. The number of aliphatic hydroxyl groups is 1. The van der Waals surface area contributed by atoms with Gasteiger partial charge in [0.25, 0.3) is 0 Å². The maximum absolute atomic E-state index is 12.4. The standard InChI is InChI=1S/C18H21N3O2/c1-13(22)17-8-4-5-11-21(17)18(23)10-9-14-12-19-15-6-2-3-7-16(15)20-14/h2-3,6-7,9-10,12-13,17,22H,4-5,8,11H2,1H3/b10-9+. The average molecular weight is 311 g/mol. The monoisotopic (exact) mass is 311 g/mol. The van der Waals surface area contributed by atoms with Gasteiger partial charge in [-0.3, -0.25) is 9.78 Å². The molecule has 0 saturated carbocycles. The molecule has 1 aromatic heterocycles. The van der Waals surface area contributed by atoms with Crippen LogP contribution in [-0.2, 0) is 4.79 Å². The van der Waals surface area contributed by atoms with Gasteiger partial charge in [-0.15, -0.1) is 0 Å². The molecule has 5 nitrogen and oxygen atoms in total. The first-order valence-electron chi connectivity index (χ1n) is 8.04. The number of piperidine rings is 1. The molecule has 23 heavy (non-hydrogen) atoms. The van der Waals surface area contributed by atoms with Gasteiger partial charge in [-0.25, -0.2) is 4.98 Å². The zero-order valence-corrected chi connectivity index (χ0v) is 13.2. The molecule has 120 valence electrons. The van der Waals surface area contributed by atoms with Gasteiger partial charge in [-0.2, -0.15) is 0 Å². The zero-order chi connectivity index (χ0) is 16.2. The van der Waals surface area contributed by atoms with Crippen molar-refractivity contribution in [2.75, 3.05) is 6.54 Å². The summed E-state index contributed by atoms with van der Waals surface area (Å²) in [6.07, 6.45) is 7.27. The van der Waals surface area contributed by atoms with Gasteiger partial charge < -0.3 is 10.0 Å². The Bertz CT molecular complexity index is 727. The molecule has 1 aliphatic heterocycles. The van der Waals surface area contributed by atoms with Crippen molar-refractivity contribution in [2.24, 2.45) is 0 Å². The van der Waals surface area contributed by atoms with Gasteiger partial charge >= 0.3 is 0 Å². The molecule has 0 bridgehead atoms. The van der Waals surface area contributed by atoms with Crippen LogP contribution in [0.1, 0.15) is 31.9 Å². The molecule has 1 amide bonds. The molecule has 1 aliphatic rings. The van der Waals surface area contributed by atoms with Crippen LogP contribution in [0.5, 0.6) is 0 Å². The number of rotatable bonds is 3. The number of benzene rings is 1. The fourth-order valence-electron chi connectivity index (χ4n) is 3.04.